The topological polar surface area (TPSA) is 110 Å². The molecule has 94 valence electrons. The second-order valence-corrected chi connectivity index (χ2v) is 4.87. The number of carboxylic acid groups (broad SMARTS) is 1. The molecule has 0 aromatic heterocycles. The van der Waals surface area contributed by atoms with Crippen molar-refractivity contribution in [2.45, 2.75) is 19.8 Å². The molecule has 0 aliphatic heterocycles. The first-order valence-corrected chi connectivity index (χ1v) is 6.37. The zero-order chi connectivity index (χ0) is 12.6. The second-order valence-electron chi connectivity index (χ2n) is 2.94. The van der Waals surface area contributed by atoms with Crippen LogP contribution in [0.5, 0.6) is 0 Å². The summed E-state index contributed by atoms with van der Waals surface area (Å²) in [4.78, 5) is 21.0. The molecular formula is C8H15NO6S. The minimum absolute atomic E-state index is 0.00743. The summed E-state index contributed by atoms with van der Waals surface area (Å²) in [5.41, 5.74) is 0. The summed E-state index contributed by atoms with van der Waals surface area (Å²) in [5, 5.41) is 8.31. The van der Waals surface area contributed by atoms with Crippen LogP contribution < -0.4 is 4.72 Å². The SMILES string of the molecule is CCOC(=O)CNS(=O)(=O)CCCC(=O)O. The molecule has 0 atom stereocenters. The van der Waals surface area contributed by atoms with Crippen LogP contribution >= 0.6 is 0 Å². The highest BCUT2D eigenvalue weighted by atomic mass is 32.2. The van der Waals surface area contributed by atoms with Gasteiger partial charge in [0.15, 0.2) is 0 Å². The summed E-state index contributed by atoms with van der Waals surface area (Å²) >= 11 is 0. The summed E-state index contributed by atoms with van der Waals surface area (Å²) in [7, 11) is -3.60. The summed E-state index contributed by atoms with van der Waals surface area (Å²) < 4.78 is 29.0. The van der Waals surface area contributed by atoms with Crippen molar-refractivity contribution in [3.05, 3.63) is 0 Å². The number of rotatable bonds is 8. The van der Waals surface area contributed by atoms with Crippen LogP contribution in [0.4, 0.5) is 0 Å². The Balaban J connectivity index is 3.87. The van der Waals surface area contributed by atoms with Crippen LogP contribution in [0.2, 0.25) is 0 Å². The van der Waals surface area contributed by atoms with Crippen molar-refractivity contribution in [1.29, 1.82) is 0 Å². The molecule has 16 heavy (non-hydrogen) atoms. The van der Waals surface area contributed by atoms with E-state index in [9.17, 15) is 18.0 Å². The van der Waals surface area contributed by atoms with E-state index in [1.165, 1.54) is 0 Å². The number of carboxylic acids is 1. The number of nitrogens with one attached hydrogen (secondary N) is 1. The minimum atomic E-state index is -3.60. The highest BCUT2D eigenvalue weighted by Crippen LogP contribution is 1.94. The number of hydrogen-bond donors (Lipinski definition) is 2. The van der Waals surface area contributed by atoms with E-state index in [4.69, 9.17) is 5.11 Å². The van der Waals surface area contributed by atoms with Gasteiger partial charge in [0.2, 0.25) is 10.0 Å². The predicted molar refractivity (Wildman–Crippen MR) is 55.3 cm³/mol. The lowest BCUT2D eigenvalue weighted by Gasteiger charge is -2.05. The Morgan fingerprint density at radius 3 is 2.50 bits per heavy atom. The summed E-state index contributed by atoms with van der Waals surface area (Å²) in [6.45, 7) is 1.36. The second kappa shape index (κ2) is 7.18. The highest BCUT2D eigenvalue weighted by Gasteiger charge is 2.13. The van der Waals surface area contributed by atoms with E-state index >= 15 is 0 Å². The van der Waals surface area contributed by atoms with Crippen LogP contribution in [-0.2, 0) is 24.3 Å². The van der Waals surface area contributed by atoms with E-state index in [0.717, 1.165) is 0 Å². The quantitative estimate of drug-likeness (QED) is 0.555. The van der Waals surface area contributed by atoms with Gasteiger partial charge in [0.25, 0.3) is 0 Å². The van der Waals surface area contributed by atoms with Crippen LogP contribution in [0.1, 0.15) is 19.8 Å². The van der Waals surface area contributed by atoms with E-state index in [0.29, 0.717) is 0 Å². The summed E-state index contributed by atoms with van der Waals surface area (Å²) in [5.74, 6) is -2.04. The maximum Gasteiger partial charge on any atom is 0.320 e. The predicted octanol–water partition coefficient (Wildman–Crippen LogP) is -0.666. The largest absolute Gasteiger partial charge is 0.481 e. The van der Waals surface area contributed by atoms with Gasteiger partial charge in [-0.3, -0.25) is 9.59 Å². The van der Waals surface area contributed by atoms with Gasteiger partial charge in [-0.15, -0.1) is 0 Å². The molecule has 0 unspecified atom stereocenters. The fourth-order valence-electron chi connectivity index (χ4n) is 0.866. The number of aliphatic carboxylic acids is 1. The summed E-state index contributed by atoms with van der Waals surface area (Å²) in [6.07, 6.45) is -0.214. The van der Waals surface area contributed by atoms with Gasteiger partial charge >= 0.3 is 11.9 Å². The third-order valence-electron chi connectivity index (χ3n) is 1.55. The molecule has 0 aliphatic rings. The molecule has 0 spiro atoms. The number of carbonyl (C=O) groups excluding carboxylic acids is 1. The highest BCUT2D eigenvalue weighted by molar-refractivity contribution is 7.89. The zero-order valence-electron chi connectivity index (χ0n) is 8.93. The molecule has 0 heterocycles. The maximum absolute atomic E-state index is 11.2. The lowest BCUT2D eigenvalue weighted by atomic mass is 10.3. The average Bonchev–Trinajstić information content (AvgIpc) is 2.14. The lowest BCUT2D eigenvalue weighted by molar-refractivity contribution is -0.141. The number of hydrogen-bond acceptors (Lipinski definition) is 5. The van der Waals surface area contributed by atoms with Crippen LogP contribution in [0.3, 0.4) is 0 Å². The molecule has 0 bridgehead atoms. The van der Waals surface area contributed by atoms with Gasteiger partial charge in [-0.05, 0) is 13.3 Å². The fraction of sp³-hybridized carbons (Fsp3) is 0.750. The Morgan fingerprint density at radius 2 is 2.00 bits per heavy atom. The number of ether oxygens (including phenoxy) is 1. The summed E-state index contributed by atoms with van der Waals surface area (Å²) in [6, 6.07) is 0. The molecule has 0 saturated heterocycles. The van der Waals surface area contributed by atoms with Gasteiger partial charge in [0.05, 0.1) is 12.4 Å². The lowest BCUT2D eigenvalue weighted by Crippen LogP contribution is -2.32. The Hall–Kier alpha value is -1.15. The van der Waals surface area contributed by atoms with Crippen molar-refractivity contribution in [2.75, 3.05) is 18.9 Å². The molecule has 0 saturated carbocycles. The molecule has 0 rings (SSSR count). The molecule has 0 aromatic carbocycles. The first-order valence-electron chi connectivity index (χ1n) is 4.72. The van der Waals surface area contributed by atoms with Gasteiger partial charge in [-0.25, -0.2) is 13.1 Å². The van der Waals surface area contributed by atoms with Gasteiger partial charge in [0, 0.05) is 6.42 Å². The third kappa shape index (κ3) is 8.18. The van der Waals surface area contributed by atoms with Crippen molar-refractivity contribution < 1.29 is 27.9 Å². The normalized spacial score (nSPS) is 11.1. The molecule has 0 radical (unpaired) electrons. The number of sulfonamides is 1. The fourth-order valence-corrected chi connectivity index (χ4v) is 1.87. The molecule has 0 amide bonds. The molecule has 8 heteroatoms. The zero-order valence-corrected chi connectivity index (χ0v) is 9.75. The van der Waals surface area contributed by atoms with E-state index in [1.807, 2.05) is 4.72 Å². The van der Waals surface area contributed by atoms with Gasteiger partial charge in [-0.1, -0.05) is 0 Å². The number of carbonyl (C=O) groups is 2. The van der Waals surface area contributed by atoms with Crippen molar-refractivity contribution in [3.8, 4) is 0 Å². The minimum Gasteiger partial charge on any atom is -0.481 e. The molecular weight excluding hydrogens is 238 g/mol. The first-order chi connectivity index (χ1) is 7.37. The average molecular weight is 253 g/mol. The van der Waals surface area contributed by atoms with Gasteiger partial charge in [0.1, 0.15) is 6.54 Å². The Labute approximate surface area is 93.8 Å². The number of esters is 1. The molecule has 0 fully saturated rings. The van der Waals surface area contributed by atoms with Crippen LogP contribution in [-0.4, -0.2) is 44.4 Å². The molecule has 0 aliphatic carbocycles. The molecule has 0 aromatic rings. The third-order valence-corrected chi connectivity index (χ3v) is 2.96. The Morgan fingerprint density at radius 1 is 1.38 bits per heavy atom. The van der Waals surface area contributed by atoms with Crippen LogP contribution in [0.15, 0.2) is 0 Å². The van der Waals surface area contributed by atoms with Crippen LogP contribution in [0, 0.1) is 0 Å². The van der Waals surface area contributed by atoms with Crippen molar-refractivity contribution in [1.82, 2.24) is 4.72 Å². The van der Waals surface area contributed by atoms with Crippen molar-refractivity contribution in [2.24, 2.45) is 0 Å². The van der Waals surface area contributed by atoms with Gasteiger partial charge < -0.3 is 9.84 Å². The standard InChI is InChI=1S/C8H15NO6S/c1-2-15-8(12)6-9-16(13,14)5-3-4-7(10)11/h9H,2-6H2,1H3,(H,10,11). The van der Waals surface area contributed by atoms with Gasteiger partial charge in [-0.2, -0.15) is 0 Å². The Kier molecular flexibility index (Phi) is 6.66. The van der Waals surface area contributed by atoms with E-state index < -0.39 is 28.5 Å². The smallest absolute Gasteiger partial charge is 0.320 e. The molecule has 2 N–H and O–H groups in total. The van der Waals surface area contributed by atoms with E-state index in [-0.39, 0.29) is 25.2 Å². The Bertz CT molecular complexity index is 336. The molecule has 7 nitrogen and oxygen atoms in total. The van der Waals surface area contributed by atoms with E-state index in [1.54, 1.807) is 6.92 Å². The first kappa shape index (κ1) is 14.8. The van der Waals surface area contributed by atoms with Crippen molar-refractivity contribution in [3.63, 3.8) is 0 Å². The monoisotopic (exact) mass is 253 g/mol. The van der Waals surface area contributed by atoms with Crippen LogP contribution in [0.25, 0.3) is 0 Å². The maximum atomic E-state index is 11.2. The van der Waals surface area contributed by atoms with E-state index in [2.05, 4.69) is 4.74 Å². The van der Waals surface area contributed by atoms with Crippen molar-refractivity contribution >= 4 is 22.0 Å².